The number of allylic oxidation sites excluding steroid dienone is 1. The van der Waals surface area contributed by atoms with Gasteiger partial charge in [0.15, 0.2) is 5.78 Å². The first kappa shape index (κ1) is 27.1. The van der Waals surface area contributed by atoms with Crippen molar-refractivity contribution in [2.75, 3.05) is 6.61 Å². The van der Waals surface area contributed by atoms with Gasteiger partial charge in [0.05, 0.1) is 22.5 Å². The SMILES string of the molecule is CC(=O)OC[C@]12CC[C@H]3[C@@H](C[C@H]4O[C@]45CC=CC(=O)[C@]35C)[C@]1(O)CC[C@@]2(O)[C@@](C)(O)[C@@H]1CC(C)=C(C)C(=O)O1. The van der Waals surface area contributed by atoms with Crippen molar-refractivity contribution in [2.45, 2.75) is 114 Å². The van der Waals surface area contributed by atoms with Gasteiger partial charge >= 0.3 is 11.9 Å². The quantitative estimate of drug-likeness (QED) is 0.359. The highest BCUT2D eigenvalue weighted by Gasteiger charge is 2.83. The second kappa shape index (κ2) is 8.02. The van der Waals surface area contributed by atoms with Gasteiger partial charge in [0, 0.05) is 18.9 Å². The van der Waals surface area contributed by atoms with Crippen molar-refractivity contribution in [3.05, 3.63) is 23.3 Å². The molecule has 0 radical (unpaired) electrons. The highest BCUT2D eigenvalue weighted by molar-refractivity contribution is 5.97. The number of ether oxygens (including phenoxy) is 3. The average Bonchev–Trinajstić information content (AvgIpc) is 3.52. The highest BCUT2D eigenvalue weighted by atomic mass is 16.6. The van der Waals surface area contributed by atoms with E-state index in [0.717, 1.165) is 5.57 Å². The lowest BCUT2D eigenvalue weighted by Gasteiger charge is -2.64. The molecule has 0 amide bonds. The van der Waals surface area contributed by atoms with Crippen LogP contribution in [0.5, 0.6) is 0 Å². The maximum Gasteiger partial charge on any atom is 0.334 e. The fourth-order valence-corrected chi connectivity index (χ4v) is 9.64. The number of esters is 2. The molecule has 0 unspecified atom stereocenters. The number of hydrogen-bond acceptors (Lipinski definition) is 9. The summed E-state index contributed by atoms with van der Waals surface area (Å²) in [5.41, 5.74) is -7.09. The van der Waals surface area contributed by atoms with Crippen LogP contribution in [-0.2, 0) is 28.6 Å². The molecule has 0 aromatic heterocycles. The molecule has 4 aliphatic carbocycles. The lowest BCUT2D eigenvalue weighted by molar-refractivity contribution is -0.297. The Morgan fingerprint density at radius 1 is 1.18 bits per heavy atom. The van der Waals surface area contributed by atoms with Crippen LogP contribution in [0.15, 0.2) is 23.3 Å². The molecule has 6 rings (SSSR count). The summed E-state index contributed by atoms with van der Waals surface area (Å²) in [7, 11) is 0. The summed E-state index contributed by atoms with van der Waals surface area (Å²) in [5, 5.41) is 37.6. The zero-order valence-electron chi connectivity index (χ0n) is 23.4. The van der Waals surface area contributed by atoms with Gasteiger partial charge in [-0.1, -0.05) is 11.6 Å². The molecule has 0 aromatic carbocycles. The van der Waals surface area contributed by atoms with Crippen molar-refractivity contribution in [3.8, 4) is 0 Å². The van der Waals surface area contributed by atoms with Crippen molar-refractivity contribution < 1.29 is 43.9 Å². The molecule has 1 saturated heterocycles. The van der Waals surface area contributed by atoms with Crippen molar-refractivity contribution in [3.63, 3.8) is 0 Å². The lowest BCUT2D eigenvalue weighted by Crippen LogP contribution is -2.75. The molecule has 3 N–H and O–H groups in total. The number of epoxide rings is 1. The molecule has 2 aliphatic heterocycles. The smallest absolute Gasteiger partial charge is 0.334 e. The van der Waals surface area contributed by atoms with Gasteiger partial charge in [0.1, 0.15) is 29.5 Å². The topological polar surface area (TPSA) is 143 Å². The fraction of sp³-hybridized carbons (Fsp3) is 0.767. The average molecular weight is 545 g/mol. The third-order valence-electron chi connectivity index (χ3n) is 12.2. The van der Waals surface area contributed by atoms with Crippen molar-refractivity contribution in [2.24, 2.45) is 22.7 Å². The molecule has 1 spiro atoms. The molecule has 6 aliphatic rings. The number of carbonyl (C=O) groups is 3. The normalized spacial score (nSPS) is 49.7. The van der Waals surface area contributed by atoms with Gasteiger partial charge in [-0.2, -0.15) is 0 Å². The van der Waals surface area contributed by atoms with Gasteiger partial charge < -0.3 is 29.5 Å². The molecule has 9 heteroatoms. The summed E-state index contributed by atoms with van der Waals surface area (Å²) in [5.74, 6) is -1.75. The van der Waals surface area contributed by atoms with Crippen LogP contribution in [0.2, 0.25) is 0 Å². The second-order valence-electron chi connectivity index (χ2n) is 13.5. The zero-order valence-corrected chi connectivity index (χ0v) is 23.4. The Bertz CT molecular complexity index is 1220. The number of ketones is 1. The fourth-order valence-electron chi connectivity index (χ4n) is 9.64. The van der Waals surface area contributed by atoms with Gasteiger partial charge in [-0.3, -0.25) is 9.59 Å². The van der Waals surface area contributed by atoms with E-state index < -0.39 is 57.2 Å². The third-order valence-corrected chi connectivity index (χ3v) is 12.2. The van der Waals surface area contributed by atoms with Crippen LogP contribution in [0.3, 0.4) is 0 Å². The minimum absolute atomic E-state index is 0.00552. The van der Waals surface area contributed by atoms with Gasteiger partial charge in [-0.25, -0.2) is 4.79 Å². The number of aliphatic hydroxyl groups is 3. The number of fused-ring (bicyclic) bond motifs is 4. The van der Waals surface area contributed by atoms with Crippen LogP contribution >= 0.6 is 0 Å². The molecule has 9 nitrogen and oxygen atoms in total. The van der Waals surface area contributed by atoms with Crippen molar-refractivity contribution in [1.29, 1.82) is 0 Å². The van der Waals surface area contributed by atoms with Crippen LogP contribution in [-0.4, -0.2) is 74.3 Å². The monoisotopic (exact) mass is 544 g/mol. The van der Waals surface area contributed by atoms with Gasteiger partial charge in [-0.15, -0.1) is 0 Å². The van der Waals surface area contributed by atoms with Crippen molar-refractivity contribution in [1.82, 2.24) is 0 Å². The van der Waals surface area contributed by atoms with Crippen LogP contribution < -0.4 is 0 Å². The number of carbonyl (C=O) groups excluding carboxylic acids is 3. The highest BCUT2D eigenvalue weighted by Crippen LogP contribution is 2.75. The van der Waals surface area contributed by atoms with E-state index in [9.17, 15) is 29.7 Å². The Morgan fingerprint density at radius 2 is 1.90 bits per heavy atom. The van der Waals surface area contributed by atoms with E-state index in [0.29, 0.717) is 24.8 Å². The van der Waals surface area contributed by atoms with Crippen molar-refractivity contribution >= 4 is 17.7 Å². The summed E-state index contributed by atoms with van der Waals surface area (Å²) >= 11 is 0. The summed E-state index contributed by atoms with van der Waals surface area (Å²) in [4.78, 5) is 38.1. The molecule has 214 valence electrons. The molecular weight excluding hydrogens is 504 g/mol. The summed E-state index contributed by atoms with van der Waals surface area (Å²) in [6.07, 6.45) is 4.49. The first-order valence-corrected chi connectivity index (χ1v) is 14.2. The zero-order chi connectivity index (χ0) is 28.4. The Morgan fingerprint density at radius 3 is 2.56 bits per heavy atom. The van der Waals surface area contributed by atoms with E-state index in [2.05, 4.69) is 0 Å². The number of rotatable bonds is 4. The summed E-state index contributed by atoms with van der Waals surface area (Å²) in [6.45, 7) is 7.85. The lowest BCUT2D eigenvalue weighted by atomic mass is 9.42. The first-order valence-electron chi connectivity index (χ1n) is 14.2. The Hall–Kier alpha value is -2.07. The minimum Gasteiger partial charge on any atom is -0.465 e. The standard InChI is InChI=1S/C30H40O9/c1-16-13-22(38-24(33)17(16)2)26(5,34)30(36)12-11-28(35)20-14-23-29(39-23)9-6-7-21(32)25(29,4)19(20)8-10-27(28,30)15-37-18(3)31/h6-7,19-20,22-23,34-36H,8-15H2,1-5H3/t19-,20+,22-,23+,25-,26-,27+,28+,29+,30+/m0/s1. The molecule has 2 heterocycles. The molecule has 4 fully saturated rings. The third kappa shape index (κ3) is 3.03. The Kier molecular flexibility index (Phi) is 5.58. The van der Waals surface area contributed by atoms with E-state index in [4.69, 9.17) is 14.2 Å². The maximum absolute atomic E-state index is 13.4. The minimum atomic E-state index is -1.97. The maximum atomic E-state index is 13.4. The molecule has 10 atom stereocenters. The first-order chi connectivity index (χ1) is 18.1. The Labute approximate surface area is 228 Å². The van der Waals surface area contributed by atoms with E-state index >= 15 is 0 Å². The van der Waals surface area contributed by atoms with Crippen LogP contribution in [0, 0.1) is 22.7 Å². The molecule has 0 aromatic rings. The van der Waals surface area contributed by atoms with Crippen LogP contribution in [0.25, 0.3) is 0 Å². The molecule has 0 bridgehead atoms. The largest absolute Gasteiger partial charge is 0.465 e. The summed E-state index contributed by atoms with van der Waals surface area (Å²) in [6, 6.07) is 0. The predicted molar refractivity (Wildman–Crippen MR) is 137 cm³/mol. The van der Waals surface area contributed by atoms with E-state index in [-0.39, 0.29) is 50.1 Å². The number of cyclic esters (lactones) is 1. The van der Waals surface area contributed by atoms with E-state index in [1.807, 2.05) is 13.0 Å². The molecule has 39 heavy (non-hydrogen) atoms. The molecular formula is C30H40O9. The van der Waals surface area contributed by atoms with Gasteiger partial charge in [0.25, 0.3) is 0 Å². The van der Waals surface area contributed by atoms with Gasteiger partial charge in [0.2, 0.25) is 0 Å². The Balaban J connectivity index is 1.44. The van der Waals surface area contributed by atoms with E-state index in [1.165, 1.54) is 13.8 Å². The van der Waals surface area contributed by atoms with E-state index in [1.54, 1.807) is 19.9 Å². The predicted octanol–water partition coefficient (Wildman–Crippen LogP) is 2.30. The second-order valence-corrected chi connectivity index (χ2v) is 13.5. The number of hydrogen-bond donors (Lipinski definition) is 3. The van der Waals surface area contributed by atoms with Gasteiger partial charge in [-0.05, 0) is 84.1 Å². The van der Waals surface area contributed by atoms with Crippen LogP contribution in [0.4, 0.5) is 0 Å². The summed E-state index contributed by atoms with van der Waals surface area (Å²) < 4.78 is 17.5. The molecule has 3 saturated carbocycles. The van der Waals surface area contributed by atoms with Crippen LogP contribution in [0.1, 0.15) is 79.6 Å².